The van der Waals surface area contributed by atoms with Crippen molar-refractivity contribution in [3.05, 3.63) is 62.2 Å². The molecule has 4 aromatic rings. The molecule has 0 unspecified atom stereocenters. The Balaban J connectivity index is 1.24. The lowest BCUT2D eigenvalue weighted by Gasteiger charge is -2.26. The second-order valence-electron chi connectivity index (χ2n) is 9.47. The molecule has 0 spiro atoms. The number of hydrogen-bond donors (Lipinski definition) is 4. The minimum Gasteiger partial charge on any atom is -0.491 e. The second-order valence-corrected chi connectivity index (χ2v) is 9.88. The molecule has 4 N–H and O–H groups in total. The predicted molar refractivity (Wildman–Crippen MR) is 147 cm³/mol. The van der Waals surface area contributed by atoms with Crippen LogP contribution in [0.5, 0.6) is 5.75 Å². The molecule has 38 heavy (non-hydrogen) atoms. The summed E-state index contributed by atoms with van der Waals surface area (Å²) < 4.78 is 13.1. The minimum absolute atomic E-state index is 0.311. The molecule has 1 saturated heterocycles. The van der Waals surface area contributed by atoms with Gasteiger partial charge in [-0.3, -0.25) is 4.90 Å². The van der Waals surface area contributed by atoms with Gasteiger partial charge in [0.05, 0.1) is 35.1 Å². The molecule has 0 amide bonds. The number of rotatable bonds is 9. The van der Waals surface area contributed by atoms with E-state index in [2.05, 4.69) is 37.2 Å². The van der Waals surface area contributed by atoms with Crippen molar-refractivity contribution < 1.29 is 9.47 Å². The molecule has 198 valence electrons. The third kappa shape index (κ3) is 5.54. The van der Waals surface area contributed by atoms with Gasteiger partial charge in [0.2, 0.25) is 0 Å². The van der Waals surface area contributed by atoms with Crippen molar-refractivity contribution in [3.63, 3.8) is 0 Å². The van der Waals surface area contributed by atoms with Gasteiger partial charge in [0.15, 0.2) is 5.65 Å². The third-order valence-electron chi connectivity index (χ3n) is 6.54. The molecule has 4 heterocycles. The number of halogens is 1. The first kappa shape index (κ1) is 24.5. The highest BCUT2D eigenvalue weighted by atomic mass is 35.5. The minimum atomic E-state index is -0.311. The Bertz CT molecular complexity index is 1620. The molecule has 1 aliphatic carbocycles. The van der Waals surface area contributed by atoms with E-state index < -0.39 is 0 Å². The summed E-state index contributed by atoms with van der Waals surface area (Å²) in [6.07, 6.45) is 5.75. The number of H-pyrrole nitrogens is 2. The topological polar surface area (TPSA) is 125 Å². The smallest absolute Gasteiger partial charge is 0.323 e. The molecule has 1 aromatic carbocycles. The van der Waals surface area contributed by atoms with Crippen molar-refractivity contribution in [2.75, 3.05) is 50.1 Å². The zero-order valence-corrected chi connectivity index (χ0v) is 21.6. The number of morpholine rings is 1. The van der Waals surface area contributed by atoms with Crippen molar-refractivity contribution in [2.45, 2.75) is 18.9 Å². The fourth-order valence-corrected chi connectivity index (χ4v) is 4.59. The van der Waals surface area contributed by atoms with Gasteiger partial charge in [0.25, 0.3) is 0 Å². The molecule has 12 heteroatoms. The fraction of sp³-hybridized carbons (Fsp3) is 0.346. The highest BCUT2D eigenvalue weighted by Gasteiger charge is 2.23. The van der Waals surface area contributed by atoms with Crippen LogP contribution in [0.25, 0.3) is 18.3 Å². The molecule has 0 atom stereocenters. The Hall–Kier alpha value is -3.80. The summed E-state index contributed by atoms with van der Waals surface area (Å²) in [5, 5.41) is 13.0. The standard InChI is InChI=1S/C26H29ClN8O3/c1-16-21(32-26(36)29-16)12-17-15-28-35-24(31-18-2-3-18)14-23(33-25(17)35)30-19-4-5-22(20(27)13-19)38-11-8-34-6-9-37-10-7-34/h4-5,12-15,18,31H,1-3,6-11H2,(H,30,33)(H2,29,32,36)/b21-12-. The van der Waals surface area contributed by atoms with Crippen LogP contribution in [-0.4, -0.2) is 75.0 Å². The van der Waals surface area contributed by atoms with Crippen molar-refractivity contribution >= 4 is 47.2 Å². The molecule has 2 fully saturated rings. The Morgan fingerprint density at radius 2 is 2.08 bits per heavy atom. The number of nitrogens with zero attached hydrogens (tertiary/aromatic N) is 4. The first-order valence-corrected chi connectivity index (χ1v) is 13.0. The number of hydrogen-bond acceptors (Lipinski definition) is 8. The van der Waals surface area contributed by atoms with Crippen LogP contribution in [0.3, 0.4) is 0 Å². The van der Waals surface area contributed by atoms with Gasteiger partial charge in [0.1, 0.15) is 24.0 Å². The number of nitrogens with one attached hydrogen (secondary N) is 4. The molecule has 6 rings (SSSR count). The van der Waals surface area contributed by atoms with Gasteiger partial charge in [-0.1, -0.05) is 18.2 Å². The Morgan fingerprint density at radius 1 is 1.24 bits per heavy atom. The van der Waals surface area contributed by atoms with Gasteiger partial charge in [-0.15, -0.1) is 0 Å². The number of aromatic nitrogens is 5. The molecule has 1 aliphatic heterocycles. The number of imidazole rings is 1. The number of benzene rings is 1. The van der Waals surface area contributed by atoms with E-state index in [-0.39, 0.29) is 5.69 Å². The summed E-state index contributed by atoms with van der Waals surface area (Å²) in [5.41, 5.74) is 1.85. The van der Waals surface area contributed by atoms with Crippen molar-refractivity contribution in [3.8, 4) is 5.75 Å². The summed E-state index contributed by atoms with van der Waals surface area (Å²) >= 11 is 6.55. The van der Waals surface area contributed by atoms with Crippen molar-refractivity contribution in [2.24, 2.45) is 0 Å². The van der Waals surface area contributed by atoms with E-state index in [9.17, 15) is 4.79 Å². The average Bonchev–Trinajstić information content (AvgIpc) is 3.54. The highest BCUT2D eigenvalue weighted by Crippen LogP contribution is 2.31. The Morgan fingerprint density at radius 3 is 2.82 bits per heavy atom. The predicted octanol–water partition coefficient (Wildman–Crippen LogP) is 1.67. The van der Waals surface area contributed by atoms with Crippen LogP contribution in [0, 0.1) is 0 Å². The molecule has 11 nitrogen and oxygen atoms in total. The van der Waals surface area contributed by atoms with Gasteiger partial charge in [-0.05, 0) is 37.1 Å². The van der Waals surface area contributed by atoms with Crippen LogP contribution in [0.1, 0.15) is 18.4 Å². The monoisotopic (exact) mass is 536 g/mol. The molecular weight excluding hydrogens is 508 g/mol. The quantitative estimate of drug-likeness (QED) is 0.255. The molecular formula is C26H29ClN8O3. The third-order valence-corrected chi connectivity index (χ3v) is 6.83. The van der Waals surface area contributed by atoms with Crippen molar-refractivity contribution in [1.82, 2.24) is 29.5 Å². The van der Waals surface area contributed by atoms with Gasteiger partial charge >= 0.3 is 5.69 Å². The van der Waals surface area contributed by atoms with Gasteiger partial charge in [-0.2, -0.15) is 9.61 Å². The zero-order chi connectivity index (χ0) is 26.1. The van der Waals surface area contributed by atoms with E-state index in [1.807, 2.05) is 24.3 Å². The molecule has 0 radical (unpaired) electrons. The second kappa shape index (κ2) is 10.5. The van der Waals surface area contributed by atoms with E-state index in [1.165, 1.54) is 0 Å². The maximum atomic E-state index is 11.7. The number of anilines is 3. The van der Waals surface area contributed by atoms with E-state index >= 15 is 0 Å². The summed E-state index contributed by atoms with van der Waals surface area (Å²) in [4.78, 5) is 24.2. The maximum absolute atomic E-state index is 11.7. The first-order valence-electron chi connectivity index (χ1n) is 12.7. The van der Waals surface area contributed by atoms with E-state index in [1.54, 1.807) is 16.8 Å². The SMILES string of the molecule is C=c1[nH]c(=O)[nH]/c1=C\c1cnn2c(NC3CC3)cc(Nc3ccc(OCCN4CCOCC4)c(Cl)c3)nc12. The van der Waals surface area contributed by atoms with E-state index in [0.717, 1.165) is 62.8 Å². The van der Waals surface area contributed by atoms with Gasteiger partial charge < -0.3 is 30.1 Å². The molecule has 2 aliphatic rings. The van der Waals surface area contributed by atoms with Crippen LogP contribution in [-0.2, 0) is 4.74 Å². The van der Waals surface area contributed by atoms with Crippen LogP contribution in [0.2, 0.25) is 5.02 Å². The van der Waals surface area contributed by atoms with Crippen LogP contribution < -0.4 is 31.8 Å². The summed E-state index contributed by atoms with van der Waals surface area (Å²) in [5.74, 6) is 2.10. The first-order chi connectivity index (χ1) is 18.5. The fourth-order valence-electron chi connectivity index (χ4n) is 4.35. The maximum Gasteiger partial charge on any atom is 0.323 e. The number of ether oxygens (including phenoxy) is 2. The largest absolute Gasteiger partial charge is 0.491 e. The molecule has 0 bridgehead atoms. The zero-order valence-electron chi connectivity index (χ0n) is 20.8. The normalized spacial score (nSPS) is 16.7. The van der Waals surface area contributed by atoms with E-state index in [4.69, 9.17) is 26.1 Å². The van der Waals surface area contributed by atoms with E-state index in [0.29, 0.717) is 45.6 Å². The van der Waals surface area contributed by atoms with Crippen molar-refractivity contribution in [1.29, 1.82) is 0 Å². The lowest BCUT2D eigenvalue weighted by atomic mass is 10.3. The highest BCUT2D eigenvalue weighted by molar-refractivity contribution is 6.32. The summed E-state index contributed by atoms with van der Waals surface area (Å²) in [7, 11) is 0. The number of fused-ring (bicyclic) bond motifs is 1. The van der Waals surface area contributed by atoms with Crippen LogP contribution >= 0.6 is 11.6 Å². The lowest BCUT2D eigenvalue weighted by Crippen LogP contribution is -2.38. The summed E-state index contributed by atoms with van der Waals surface area (Å²) in [6.45, 7) is 8.64. The number of aromatic amines is 2. The molecule has 1 saturated carbocycles. The molecule has 3 aromatic heterocycles. The van der Waals surface area contributed by atoms with Crippen LogP contribution in [0.4, 0.5) is 17.3 Å². The Labute approximate surface area is 223 Å². The average molecular weight is 537 g/mol. The van der Waals surface area contributed by atoms with Crippen LogP contribution in [0.15, 0.2) is 35.3 Å². The Kier molecular flexibility index (Phi) is 6.79. The lowest BCUT2D eigenvalue weighted by molar-refractivity contribution is 0.0322. The van der Waals surface area contributed by atoms with Gasteiger partial charge in [0, 0.05) is 43.0 Å². The summed E-state index contributed by atoms with van der Waals surface area (Å²) in [6, 6.07) is 7.95. The van der Waals surface area contributed by atoms with Gasteiger partial charge in [-0.25, -0.2) is 9.78 Å².